The molecule has 7 heteroatoms. The van der Waals surface area contributed by atoms with Crippen LogP contribution in [0.3, 0.4) is 0 Å². The van der Waals surface area contributed by atoms with E-state index >= 15 is 0 Å². The van der Waals surface area contributed by atoms with Crippen molar-refractivity contribution < 1.29 is 19.6 Å². The molecule has 2 atom stereocenters. The van der Waals surface area contributed by atoms with Gasteiger partial charge in [0, 0.05) is 28.9 Å². The summed E-state index contributed by atoms with van der Waals surface area (Å²) in [5.74, 6) is -2.55. The zero-order valence-electron chi connectivity index (χ0n) is 15.1. The van der Waals surface area contributed by atoms with Crippen molar-refractivity contribution in [3.63, 3.8) is 0 Å². The predicted molar refractivity (Wildman–Crippen MR) is 106 cm³/mol. The summed E-state index contributed by atoms with van der Waals surface area (Å²) in [7, 11) is 0. The van der Waals surface area contributed by atoms with Gasteiger partial charge in [-0.2, -0.15) is 0 Å². The molecule has 1 heterocycles. The Kier molecular flexibility index (Phi) is 4.44. The van der Waals surface area contributed by atoms with E-state index in [4.69, 9.17) is 0 Å². The molecule has 7 nitrogen and oxygen atoms in total. The number of carbonyl (C=O) groups is 2. The second-order valence-electron chi connectivity index (χ2n) is 6.78. The van der Waals surface area contributed by atoms with E-state index in [-0.39, 0.29) is 16.9 Å². The Balaban J connectivity index is 1.94. The first kappa shape index (κ1) is 18.5. The summed E-state index contributed by atoms with van der Waals surface area (Å²) in [6.45, 7) is 0. The van der Waals surface area contributed by atoms with E-state index in [1.807, 2.05) is 0 Å². The second-order valence-corrected chi connectivity index (χ2v) is 6.78. The number of hydrogen-bond donors (Lipinski definition) is 2. The van der Waals surface area contributed by atoms with Crippen molar-refractivity contribution in [3.8, 4) is 0 Å². The molecule has 0 fully saturated rings. The fraction of sp³-hybridized carbons (Fsp3) is 0.0909. The third-order valence-corrected chi connectivity index (χ3v) is 5.09. The third-order valence-electron chi connectivity index (χ3n) is 5.09. The number of nitro benzene ring substituents is 1. The number of nitrogens with zero attached hydrogens (tertiary/aromatic N) is 1. The molecular formula is C22H16N2O5. The summed E-state index contributed by atoms with van der Waals surface area (Å²) < 4.78 is 0. The van der Waals surface area contributed by atoms with E-state index < -0.39 is 28.1 Å². The number of amides is 1. The molecule has 0 radical (unpaired) electrons. The SMILES string of the molecule is O=C(c1ccccc1)[C@@H](c1ccccc1)[C@]1(O)C(=O)Nc2ccc([N+](=O)[O-])cc21. The van der Waals surface area contributed by atoms with E-state index in [0.717, 1.165) is 6.07 Å². The Hall–Kier alpha value is -3.84. The molecule has 0 saturated heterocycles. The van der Waals surface area contributed by atoms with Crippen molar-refractivity contribution in [3.05, 3.63) is 106 Å². The van der Waals surface area contributed by atoms with Gasteiger partial charge in [-0.25, -0.2) is 0 Å². The maximum absolute atomic E-state index is 13.4. The quantitative estimate of drug-likeness (QED) is 0.395. The van der Waals surface area contributed by atoms with Crippen LogP contribution in [0.15, 0.2) is 78.9 Å². The van der Waals surface area contributed by atoms with E-state index in [1.54, 1.807) is 60.7 Å². The van der Waals surface area contributed by atoms with Crippen LogP contribution in [0.1, 0.15) is 27.4 Å². The number of non-ortho nitro benzene ring substituents is 1. The van der Waals surface area contributed by atoms with Crippen molar-refractivity contribution in [1.29, 1.82) is 0 Å². The molecule has 0 aliphatic carbocycles. The van der Waals surface area contributed by atoms with Crippen LogP contribution >= 0.6 is 0 Å². The van der Waals surface area contributed by atoms with Crippen LogP contribution in [-0.2, 0) is 10.4 Å². The van der Waals surface area contributed by atoms with E-state index in [2.05, 4.69) is 5.32 Å². The molecule has 1 aliphatic heterocycles. The second kappa shape index (κ2) is 6.96. The molecule has 2 N–H and O–H groups in total. The number of carbonyl (C=O) groups excluding carboxylic acids is 2. The lowest BCUT2D eigenvalue weighted by Gasteiger charge is -2.30. The van der Waals surface area contributed by atoms with E-state index in [9.17, 15) is 24.8 Å². The van der Waals surface area contributed by atoms with Gasteiger partial charge in [-0.3, -0.25) is 19.7 Å². The highest BCUT2D eigenvalue weighted by atomic mass is 16.6. The van der Waals surface area contributed by atoms with Gasteiger partial charge in [0.15, 0.2) is 11.4 Å². The summed E-state index contributed by atoms with van der Waals surface area (Å²) in [5, 5.41) is 25.4. The lowest BCUT2D eigenvalue weighted by Crippen LogP contribution is -2.44. The van der Waals surface area contributed by atoms with Gasteiger partial charge in [0.1, 0.15) is 0 Å². The predicted octanol–water partition coefficient (Wildman–Crippen LogP) is 3.40. The summed E-state index contributed by atoms with van der Waals surface area (Å²) >= 11 is 0. The highest BCUT2D eigenvalue weighted by molar-refractivity contribution is 6.12. The molecule has 0 bridgehead atoms. The Morgan fingerprint density at radius 2 is 1.62 bits per heavy atom. The lowest BCUT2D eigenvalue weighted by atomic mass is 9.74. The van der Waals surface area contributed by atoms with Crippen LogP contribution < -0.4 is 5.32 Å². The van der Waals surface area contributed by atoms with Crippen molar-refractivity contribution in [1.82, 2.24) is 0 Å². The highest BCUT2D eigenvalue weighted by Crippen LogP contribution is 2.47. The molecule has 0 aromatic heterocycles. The molecule has 0 saturated carbocycles. The number of aliphatic hydroxyl groups is 1. The molecule has 144 valence electrons. The fourth-order valence-corrected chi connectivity index (χ4v) is 3.69. The molecule has 1 aliphatic rings. The van der Waals surface area contributed by atoms with Crippen molar-refractivity contribution in [2.45, 2.75) is 11.5 Å². The molecular weight excluding hydrogens is 372 g/mol. The van der Waals surface area contributed by atoms with Gasteiger partial charge in [0.05, 0.1) is 10.8 Å². The molecule has 0 spiro atoms. The lowest BCUT2D eigenvalue weighted by molar-refractivity contribution is -0.385. The van der Waals surface area contributed by atoms with Crippen molar-refractivity contribution in [2.24, 2.45) is 0 Å². The van der Waals surface area contributed by atoms with Crippen LogP contribution in [-0.4, -0.2) is 21.7 Å². The van der Waals surface area contributed by atoms with E-state index in [0.29, 0.717) is 11.1 Å². The average molecular weight is 388 g/mol. The molecule has 4 rings (SSSR count). The van der Waals surface area contributed by atoms with Crippen LogP contribution in [0.5, 0.6) is 0 Å². The number of fused-ring (bicyclic) bond motifs is 1. The number of Topliss-reactive ketones (excluding diaryl/α,β-unsaturated/α-hetero) is 1. The number of anilines is 1. The highest BCUT2D eigenvalue weighted by Gasteiger charge is 2.55. The monoisotopic (exact) mass is 388 g/mol. The van der Waals surface area contributed by atoms with Crippen LogP contribution in [0.2, 0.25) is 0 Å². The maximum atomic E-state index is 13.4. The van der Waals surface area contributed by atoms with Gasteiger partial charge in [-0.1, -0.05) is 60.7 Å². The first-order valence-corrected chi connectivity index (χ1v) is 8.90. The molecule has 29 heavy (non-hydrogen) atoms. The summed E-state index contributed by atoms with van der Waals surface area (Å²) in [6, 6.07) is 20.5. The van der Waals surface area contributed by atoms with Gasteiger partial charge in [-0.15, -0.1) is 0 Å². The number of nitro groups is 1. The minimum Gasteiger partial charge on any atom is -0.374 e. The Morgan fingerprint density at radius 1 is 1.00 bits per heavy atom. The Labute approximate surface area is 165 Å². The molecule has 1 amide bonds. The zero-order chi connectivity index (χ0) is 20.6. The number of rotatable bonds is 5. The Morgan fingerprint density at radius 3 is 2.24 bits per heavy atom. The van der Waals surface area contributed by atoms with Crippen molar-refractivity contribution >= 4 is 23.1 Å². The average Bonchev–Trinajstić information content (AvgIpc) is 2.99. The van der Waals surface area contributed by atoms with Crippen LogP contribution in [0, 0.1) is 10.1 Å². The summed E-state index contributed by atoms with van der Waals surface area (Å²) in [5.41, 5.74) is -1.58. The first-order chi connectivity index (χ1) is 13.9. The number of ketones is 1. The van der Waals surface area contributed by atoms with Gasteiger partial charge in [0.2, 0.25) is 0 Å². The van der Waals surface area contributed by atoms with Gasteiger partial charge < -0.3 is 10.4 Å². The normalized spacial score (nSPS) is 18.6. The van der Waals surface area contributed by atoms with Gasteiger partial charge >= 0.3 is 0 Å². The van der Waals surface area contributed by atoms with Crippen LogP contribution in [0.25, 0.3) is 0 Å². The number of benzene rings is 3. The maximum Gasteiger partial charge on any atom is 0.269 e. The zero-order valence-corrected chi connectivity index (χ0v) is 15.1. The standard InChI is InChI=1S/C22H16N2O5/c25-20(15-9-5-2-6-10-15)19(14-7-3-1-4-8-14)22(27)17-13-16(24(28)29)11-12-18(17)23-21(22)26/h1-13,19,27H,(H,23,26)/t19-,22+/m1/s1. The molecule has 3 aromatic rings. The smallest absolute Gasteiger partial charge is 0.269 e. The van der Waals surface area contributed by atoms with Crippen molar-refractivity contribution in [2.75, 3.05) is 5.32 Å². The van der Waals surface area contributed by atoms with Gasteiger partial charge in [0.25, 0.3) is 11.6 Å². The van der Waals surface area contributed by atoms with Gasteiger partial charge in [-0.05, 0) is 11.6 Å². The summed E-state index contributed by atoms with van der Waals surface area (Å²) in [6.07, 6.45) is 0. The van der Waals surface area contributed by atoms with E-state index in [1.165, 1.54) is 12.1 Å². The molecule has 3 aromatic carbocycles. The summed E-state index contributed by atoms with van der Waals surface area (Å²) in [4.78, 5) is 37.0. The number of hydrogen-bond acceptors (Lipinski definition) is 5. The van der Waals surface area contributed by atoms with Crippen LogP contribution in [0.4, 0.5) is 11.4 Å². The topological polar surface area (TPSA) is 110 Å². The fourth-order valence-electron chi connectivity index (χ4n) is 3.69. The Bertz CT molecular complexity index is 1110. The first-order valence-electron chi connectivity index (χ1n) is 8.90. The number of nitrogens with one attached hydrogen (secondary N) is 1. The minimum atomic E-state index is -2.30. The minimum absolute atomic E-state index is 0.00911. The molecule has 0 unspecified atom stereocenters. The third kappa shape index (κ3) is 2.97. The largest absolute Gasteiger partial charge is 0.374 e.